The van der Waals surface area contributed by atoms with Crippen molar-refractivity contribution in [2.45, 2.75) is 13.3 Å². The third-order valence-corrected chi connectivity index (χ3v) is 4.09. The highest BCUT2D eigenvalue weighted by molar-refractivity contribution is 5.96. The van der Waals surface area contributed by atoms with Crippen molar-refractivity contribution in [2.75, 3.05) is 19.5 Å². The van der Waals surface area contributed by atoms with E-state index >= 15 is 0 Å². The summed E-state index contributed by atoms with van der Waals surface area (Å²) in [6, 6.07) is 9.66. The van der Waals surface area contributed by atoms with E-state index in [9.17, 15) is 9.18 Å². The third-order valence-electron chi connectivity index (χ3n) is 4.09. The van der Waals surface area contributed by atoms with Crippen LogP contribution in [0.4, 0.5) is 10.1 Å². The molecule has 0 saturated heterocycles. The van der Waals surface area contributed by atoms with Gasteiger partial charge in [-0.25, -0.2) is 4.39 Å². The molecule has 25 heavy (non-hydrogen) atoms. The van der Waals surface area contributed by atoms with Crippen LogP contribution in [0.25, 0.3) is 10.9 Å². The number of H-pyrrole nitrogens is 1. The van der Waals surface area contributed by atoms with Crippen molar-refractivity contribution in [3.63, 3.8) is 0 Å². The number of anilines is 1. The van der Waals surface area contributed by atoms with Gasteiger partial charge >= 0.3 is 0 Å². The highest BCUT2D eigenvalue weighted by Gasteiger charge is 2.14. The predicted octanol–water partition coefficient (Wildman–Crippen LogP) is 3.81. The number of nitrogens with one attached hydrogen (secondary N) is 2. The lowest BCUT2D eigenvalue weighted by molar-refractivity contribution is -0.115. The van der Waals surface area contributed by atoms with Crippen molar-refractivity contribution < 1.29 is 18.7 Å². The number of aromatic nitrogens is 1. The topological polar surface area (TPSA) is 63.3 Å². The number of halogens is 1. The Morgan fingerprint density at radius 3 is 2.60 bits per heavy atom. The lowest BCUT2D eigenvalue weighted by Crippen LogP contribution is -2.14. The third kappa shape index (κ3) is 3.42. The first kappa shape index (κ1) is 16.8. The van der Waals surface area contributed by atoms with Crippen LogP contribution >= 0.6 is 0 Å². The van der Waals surface area contributed by atoms with Gasteiger partial charge in [0.15, 0.2) is 11.5 Å². The molecule has 1 heterocycles. The van der Waals surface area contributed by atoms with Crippen LogP contribution in [-0.2, 0) is 11.2 Å². The van der Waals surface area contributed by atoms with Crippen molar-refractivity contribution >= 4 is 22.5 Å². The first-order valence-corrected chi connectivity index (χ1v) is 7.80. The summed E-state index contributed by atoms with van der Waals surface area (Å²) in [5, 5.41) is 3.55. The molecule has 2 aromatic carbocycles. The molecule has 3 aromatic rings. The Kier molecular flexibility index (Phi) is 4.61. The number of aryl methyl sites for hydroxylation is 1. The summed E-state index contributed by atoms with van der Waals surface area (Å²) >= 11 is 0. The average molecular weight is 342 g/mol. The van der Waals surface area contributed by atoms with Crippen molar-refractivity contribution in [1.82, 2.24) is 4.98 Å². The van der Waals surface area contributed by atoms with Crippen LogP contribution in [0.15, 0.2) is 36.4 Å². The van der Waals surface area contributed by atoms with Gasteiger partial charge in [0.2, 0.25) is 5.91 Å². The van der Waals surface area contributed by atoms with Crippen molar-refractivity contribution in [3.8, 4) is 11.5 Å². The minimum absolute atomic E-state index is 0.142. The maximum Gasteiger partial charge on any atom is 0.228 e. The molecule has 1 amide bonds. The van der Waals surface area contributed by atoms with E-state index in [0.29, 0.717) is 17.2 Å². The van der Waals surface area contributed by atoms with E-state index in [1.54, 1.807) is 31.4 Å². The maximum absolute atomic E-state index is 13.5. The Balaban J connectivity index is 1.81. The number of amides is 1. The summed E-state index contributed by atoms with van der Waals surface area (Å²) in [7, 11) is 3.09. The van der Waals surface area contributed by atoms with Crippen molar-refractivity contribution in [3.05, 3.63) is 53.5 Å². The molecule has 0 unspecified atom stereocenters. The van der Waals surface area contributed by atoms with Gasteiger partial charge in [0.05, 0.1) is 20.6 Å². The van der Waals surface area contributed by atoms with E-state index in [2.05, 4.69) is 10.3 Å². The highest BCUT2D eigenvalue weighted by Crippen LogP contribution is 2.30. The van der Waals surface area contributed by atoms with Crippen LogP contribution in [0.2, 0.25) is 0 Å². The first-order valence-electron chi connectivity index (χ1n) is 7.80. The summed E-state index contributed by atoms with van der Waals surface area (Å²) in [6.07, 6.45) is 0.142. The fourth-order valence-corrected chi connectivity index (χ4v) is 2.86. The second-order valence-electron chi connectivity index (χ2n) is 5.71. The molecule has 3 rings (SSSR count). The number of fused-ring (bicyclic) bond motifs is 1. The molecule has 0 aliphatic rings. The second kappa shape index (κ2) is 6.84. The molecule has 0 atom stereocenters. The number of carbonyl (C=O) groups excluding carboxylic acids is 1. The Morgan fingerprint density at radius 2 is 1.88 bits per heavy atom. The Labute approximate surface area is 144 Å². The molecule has 0 radical (unpaired) electrons. The van der Waals surface area contributed by atoms with Gasteiger partial charge in [-0.1, -0.05) is 0 Å². The normalized spacial score (nSPS) is 10.7. The molecule has 6 heteroatoms. The number of carbonyl (C=O) groups is 1. The lowest BCUT2D eigenvalue weighted by Gasteiger charge is -2.10. The predicted molar refractivity (Wildman–Crippen MR) is 94.9 cm³/mol. The maximum atomic E-state index is 13.5. The summed E-state index contributed by atoms with van der Waals surface area (Å²) in [5.41, 5.74) is 3.05. The molecule has 0 fully saturated rings. The van der Waals surface area contributed by atoms with Gasteiger partial charge in [-0.2, -0.15) is 0 Å². The van der Waals surface area contributed by atoms with Gasteiger partial charge in [0.1, 0.15) is 5.82 Å². The Morgan fingerprint density at radius 1 is 1.12 bits per heavy atom. The Hall–Kier alpha value is -3.02. The molecule has 0 bridgehead atoms. The number of aromatic amines is 1. The van der Waals surface area contributed by atoms with Gasteiger partial charge in [-0.3, -0.25) is 4.79 Å². The summed E-state index contributed by atoms with van der Waals surface area (Å²) in [5.74, 6) is 0.600. The smallest absolute Gasteiger partial charge is 0.228 e. The number of methoxy groups -OCH3 is 2. The largest absolute Gasteiger partial charge is 0.493 e. The standard InChI is InChI=1S/C19H19FN2O3/c1-11-14(15-8-12(20)4-6-16(15)21-11)10-19(23)22-13-5-7-17(24-2)18(9-13)25-3/h4-9,21H,10H2,1-3H3,(H,22,23). The molecule has 0 saturated carbocycles. The summed E-state index contributed by atoms with van der Waals surface area (Å²) in [4.78, 5) is 15.6. The number of ether oxygens (including phenoxy) is 2. The molecule has 0 aliphatic heterocycles. The van der Waals surface area contributed by atoms with Crippen molar-refractivity contribution in [1.29, 1.82) is 0 Å². The zero-order valence-electron chi connectivity index (χ0n) is 14.3. The van der Waals surface area contributed by atoms with Crippen LogP contribution < -0.4 is 14.8 Å². The lowest BCUT2D eigenvalue weighted by atomic mass is 10.1. The van der Waals surface area contributed by atoms with E-state index in [1.165, 1.54) is 19.2 Å². The zero-order chi connectivity index (χ0) is 18.0. The monoisotopic (exact) mass is 342 g/mol. The van der Waals surface area contributed by atoms with Gasteiger partial charge in [0, 0.05) is 28.4 Å². The minimum atomic E-state index is -0.326. The summed E-state index contributed by atoms with van der Waals surface area (Å²) < 4.78 is 23.9. The van der Waals surface area contributed by atoms with Crippen molar-refractivity contribution in [2.24, 2.45) is 0 Å². The molecule has 2 N–H and O–H groups in total. The number of hydrogen-bond donors (Lipinski definition) is 2. The molecular formula is C19H19FN2O3. The quantitative estimate of drug-likeness (QED) is 0.741. The van der Waals surface area contributed by atoms with E-state index in [1.807, 2.05) is 6.92 Å². The Bertz CT molecular complexity index is 934. The first-order chi connectivity index (χ1) is 12.0. The van der Waals surface area contributed by atoms with E-state index in [4.69, 9.17) is 9.47 Å². The molecule has 1 aromatic heterocycles. The van der Waals surface area contributed by atoms with Crippen LogP contribution in [0.1, 0.15) is 11.3 Å². The van der Waals surface area contributed by atoms with Gasteiger partial charge in [0.25, 0.3) is 0 Å². The van der Waals surface area contributed by atoms with Gasteiger partial charge < -0.3 is 19.8 Å². The molecule has 5 nitrogen and oxygen atoms in total. The van der Waals surface area contributed by atoms with Gasteiger partial charge in [-0.15, -0.1) is 0 Å². The fourth-order valence-electron chi connectivity index (χ4n) is 2.86. The SMILES string of the molecule is COc1ccc(NC(=O)Cc2c(C)[nH]c3ccc(F)cc23)cc1OC. The molecule has 0 aliphatic carbocycles. The van der Waals surface area contributed by atoms with Crippen LogP contribution in [0, 0.1) is 12.7 Å². The van der Waals surface area contributed by atoms with Crippen LogP contribution in [-0.4, -0.2) is 25.1 Å². The number of benzene rings is 2. The van der Waals surface area contributed by atoms with Crippen LogP contribution in [0.3, 0.4) is 0 Å². The zero-order valence-corrected chi connectivity index (χ0v) is 14.3. The fraction of sp³-hybridized carbons (Fsp3) is 0.211. The highest BCUT2D eigenvalue weighted by atomic mass is 19.1. The van der Waals surface area contributed by atoms with Gasteiger partial charge in [-0.05, 0) is 42.8 Å². The number of rotatable bonds is 5. The second-order valence-corrected chi connectivity index (χ2v) is 5.71. The van der Waals surface area contributed by atoms with E-state index < -0.39 is 0 Å². The van der Waals surface area contributed by atoms with E-state index in [-0.39, 0.29) is 18.1 Å². The van der Waals surface area contributed by atoms with Crippen LogP contribution in [0.5, 0.6) is 11.5 Å². The number of hydrogen-bond acceptors (Lipinski definition) is 3. The average Bonchev–Trinajstić information content (AvgIpc) is 2.90. The molecular weight excluding hydrogens is 323 g/mol. The molecule has 0 spiro atoms. The molecule has 130 valence electrons. The summed E-state index contributed by atoms with van der Waals surface area (Å²) in [6.45, 7) is 1.87. The van der Waals surface area contributed by atoms with E-state index in [0.717, 1.165) is 22.2 Å². The minimum Gasteiger partial charge on any atom is -0.493 e.